The van der Waals surface area contributed by atoms with Gasteiger partial charge in [-0.15, -0.1) is 0 Å². The molecule has 3 aromatic rings. The van der Waals surface area contributed by atoms with E-state index in [9.17, 15) is 4.39 Å². The van der Waals surface area contributed by atoms with Crippen LogP contribution in [-0.4, -0.2) is 12.1 Å². The molecule has 1 N–H and O–H groups in total. The van der Waals surface area contributed by atoms with E-state index in [-0.39, 0.29) is 11.6 Å². The number of rotatable bonds is 4. The van der Waals surface area contributed by atoms with Gasteiger partial charge >= 0.3 is 0 Å². The molecule has 0 bridgehead atoms. The zero-order valence-corrected chi connectivity index (χ0v) is 11.6. The first-order valence-electron chi connectivity index (χ1n) is 6.67. The Labute approximate surface area is 122 Å². The van der Waals surface area contributed by atoms with Crippen molar-refractivity contribution in [3.05, 3.63) is 66.1 Å². The third-order valence-electron chi connectivity index (χ3n) is 3.32. The van der Waals surface area contributed by atoms with Crippen molar-refractivity contribution in [2.75, 3.05) is 12.4 Å². The molecule has 0 spiro atoms. The summed E-state index contributed by atoms with van der Waals surface area (Å²) in [5, 5.41) is 4.30. The lowest BCUT2D eigenvalue weighted by atomic mass is 10.1. The molecule has 21 heavy (non-hydrogen) atoms. The molecule has 0 saturated carbocycles. The molecular weight excluding hydrogens is 267 g/mol. The molecule has 0 unspecified atom stereocenters. The minimum Gasteiger partial charge on any atom is -0.494 e. The first-order valence-corrected chi connectivity index (χ1v) is 6.67. The van der Waals surface area contributed by atoms with Crippen molar-refractivity contribution in [1.29, 1.82) is 0 Å². The van der Waals surface area contributed by atoms with Gasteiger partial charge in [0.25, 0.3) is 0 Å². The topological polar surface area (TPSA) is 34.1 Å². The van der Waals surface area contributed by atoms with Crippen molar-refractivity contribution in [3.63, 3.8) is 0 Å². The summed E-state index contributed by atoms with van der Waals surface area (Å²) < 4.78 is 18.5. The van der Waals surface area contributed by atoms with E-state index in [4.69, 9.17) is 4.74 Å². The summed E-state index contributed by atoms with van der Waals surface area (Å²) >= 11 is 0. The largest absolute Gasteiger partial charge is 0.494 e. The van der Waals surface area contributed by atoms with E-state index >= 15 is 0 Å². The SMILES string of the molecule is COc1ccc(NCc2ccc3ncccc3c2)cc1F. The second kappa shape index (κ2) is 5.79. The Kier molecular flexibility index (Phi) is 3.69. The van der Waals surface area contributed by atoms with Gasteiger partial charge in [-0.05, 0) is 35.9 Å². The van der Waals surface area contributed by atoms with Gasteiger partial charge in [0.1, 0.15) is 0 Å². The highest BCUT2D eigenvalue weighted by Gasteiger charge is 2.03. The zero-order chi connectivity index (χ0) is 14.7. The highest BCUT2D eigenvalue weighted by molar-refractivity contribution is 5.79. The Morgan fingerprint density at radius 1 is 1.14 bits per heavy atom. The number of nitrogens with zero attached hydrogens (tertiary/aromatic N) is 1. The lowest BCUT2D eigenvalue weighted by Gasteiger charge is -2.09. The Morgan fingerprint density at radius 2 is 2.05 bits per heavy atom. The van der Waals surface area contributed by atoms with E-state index in [2.05, 4.69) is 16.4 Å². The average Bonchev–Trinajstić information content (AvgIpc) is 2.53. The van der Waals surface area contributed by atoms with Crippen molar-refractivity contribution < 1.29 is 9.13 Å². The fraction of sp³-hybridized carbons (Fsp3) is 0.118. The number of hydrogen-bond acceptors (Lipinski definition) is 3. The summed E-state index contributed by atoms with van der Waals surface area (Å²) in [4.78, 5) is 4.29. The molecule has 0 saturated heterocycles. The standard InChI is InChI=1S/C17H15FN2O/c1-21-17-7-5-14(10-15(17)18)20-11-12-4-6-16-13(9-12)3-2-8-19-16/h2-10,20H,11H2,1H3. The summed E-state index contributed by atoms with van der Waals surface area (Å²) in [7, 11) is 1.45. The van der Waals surface area contributed by atoms with Crippen molar-refractivity contribution in [2.45, 2.75) is 6.54 Å². The van der Waals surface area contributed by atoms with Gasteiger partial charge in [-0.2, -0.15) is 0 Å². The third kappa shape index (κ3) is 2.94. The molecule has 0 amide bonds. The van der Waals surface area contributed by atoms with E-state index < -0.39 is 0 Å². The van der Waals surface area contributed by atoms with Gasteiger partial charge < -0.3 is 10.1 Å². The van der Waals surface area contributed by atoms with E-state index in [1.54, 1.807) is 18.3 Å². The quantitative estimate of drug-likeness (QED) is 0.785. The van der Waals surface area contributed by atoms with Crippen LogP contribution in [0, 0.1) is 5.82 Å². The lowest BCUT2D eigenvalue weighted by Crippen LogP contribution is -2.00. The van der Waals surface area contributed by atoms with Crippen LogP contribution in [0.1, 0.15) is 5.56 Å². The van der Waals surface area contributed by atoms with Crippen molar-refractivity contribution in [2.24, 2.45) is 0 Å². The van der Waals surface area contributed by atoms with Gasteiger partial charge in [0.2, 0.25) is 0 Å². The second-order valence-corrected chi connectivity index (χ2v) is 4.73. The number of ether oxygens (including phenoxy) is 1. The molecule has 4 heteroatoms. The Hall–Kier alpha value is -2.62. The Bertz CT molecular complexity index is 774. The van der Waals surface area contributed by atoms with Gasteiger partial charge in [0, 0.05) is 29.9 Å². The zero-order valence-electron chi connectivity index (χ0n) is 11.6. The smallest absolute Gasteiger partial charge is 0.167 e. The molecule has 3 rings (SSSR count). The Morgan fingerprint density at radius 3 is 2.86 bits per heavy atom. The maximum Gasteiger partial charge on any atom is 0.167 e. The number of fused-ring (bicyclic) bond motifs is 1. The van der Waals surface area contributed by atoms with Gasteiger partial charge in [0.15, 0.2) is 11.6 Å². The van der Waals surface area contributed by atoms with Crippen LogP contribution in [0.25, 0.3) is 10.9 Å². The van der Waals surface area contributed by atoms with Crippen LogP contribution in [0.3, 0.4) is 0 Å². The molecule has 2 aromatic carbocycles. The molecule has 1 aromatic heterocycles. The normalized spacial score (nSPS) is 10.6. The van der Waals surface area contributed by atoms with Crippen LogP contribution in [0.2, 0.25) is 0 Å². The average molecular weight is 282 g/mol. The maximum absolute atomic E-state index is 13.6. The Balaban J connectivity index is 1.75. The fourth-order valence-electron chi connectivity index (χ4n) is 2.22. The van der Waals surface area contributed by atoms with Crippen molar-refractivity contribution >= 4 is 16.6 Å². The minimum atomic E-state index is -0.370. The van der Waals surface area contributed by atoms with Crippen LogP contribution in [0.5, 0.6) is 5.75 Å². The molecule has 0 radical (unpaired) electrons. The molecule has 1 heterocycles. The molecular formula is C17H15FN2O. The number of hydrogen-bond donors (Lipinski definition) is 1. The maximum atomic E-state index is 13.6. The summed E-state index contributed by atoms with van der Waals surface area (Å²) in [6, 6.07) is 14.9. The highest BCUT2D eigenvalue weighted by Crippen LogP contribution is 2.21. The first-order chi connectivity index (χ1) is 10.3. The van der Waals surface area contributed by atoms with Crippen molar-refractivity contribution in [1.82, 2.24) is 4.98 Å². The van der Waals surface area contributed by atoms with Crippen LogP contribution in [-0.2, 0) is 6.54 Å². The second-order valence-electron chi connectivity index (χ2n) is 4.73. The van der Waals surface area contributed by atoms with Crippen LogP contribution < -0.4 is 10.1 Å². The number of aromatic nitrogens is 1. The highest BCUT2D eigenvalue weighted by atomic mass is 19.1. The van der Waals surface area contributed by atoms with Gasteiger partial charge in [-0.25, -0.2) is 4.39 Å². The van der Waals surface area contributed by atoms with Crippen LogP contribution in [0.15, 0.2) is 54.7 Å². The molecule has 0 aliphatic heterocycles. The number of nitrogens with one attached hydrogen (secondary N) is 1. The number of benzene rings is 2. The summed E-state index contributed by atoms with van der Waals surface area (Å²) in [6.45, 7) is 0.622. The van der Waals surface area contributed by atoms with E-state index in [1.165, 1.54) is 13.2 Å². The predicted molar refractivity (Wildman–Crippen MR) is 82.0 cm³/mol. The van der Waals surface area contributed by atoms with Gasteiger partial charge in [-0.3, -0.25) is 4.98 Å². The molecule has 0 aliphatic carbocycles. The van der Waals surface area contributed by atoms with Crippen LogP contribution >= 0.6 is 0 Å². The number of anilines is 1. The third-order valence-corrected chi connectivity index (χ3v) is 3.32. The lowest BCUT2D eigenvalue weighted by molar-refractivity contribution is 0.386. The monoisotopic (exact) mass is 282 g/mol. The molecule has 0 aliphatic rings. The minimum absolute atomic E-state index is 0.248. The van der Waals surface area contributed by atoms with E-state index in [0.717, 1.165) is 22.2 Å². The van der Waals surface area contributed by atoms with Gasteiger partial charge in [0.05, 0.1) is 12.6 Å². The summed E-state index contributed by atoms with van der Waals surface area (Å²) in [6.07, 6.45) is 1.78. The summed E-state index contributed by atoms with van der Waals surface area (Å²) in [5.74, 6) is -0.123. The van der Waals surface area contributed by atoms with Crippen molar-refractivity contribution in [3.8, 4) is 5.75 Å². The van der Waals surface area contributed by atoms with Crippen LogP contribution in [0.4, 0.5) is 10.1 Å². The van der Waals surface area contributed by atoms with Gasteiger partial charge in [-0.1, -0.05) is 12.1 Å². The fourth-order valence-corrected chi connectivity index (χ4v) is 2.22. The molecule has 3 nitrogen and oxygen atoms in total. The van der Waals surface area contributed by atoms with E-state index in [0.29, 0.717) is 6.54 Å². The summed E-state index contributed by atoms with van der Waals surface area (Å²) in [5.41, 5.74) is 2.81. The number of halogens is 1. The number of pyridine rings is 1. The van der Waals surface area contributed by atoms with E-state index in [1.807, 2.05) is 24.3 Å². The predicted octanol–water partition coefficient (Wildman–Crippen LogP) is 3.99. The first kappa shape index (κ1) is 13.4. The molecule has 106 valence electrons. The molecule has 0 fully saturated rings. The molecule has 0 atom stereocenters. The number of methoxy groups -OCH3 is 1.